The molecule has 5 heteroatoms. The molecular weight excluding hydrogens is 841 g/mol. The molecule has 6 aromatic rings. The van der Waals surface area contributed by atoms with Gasteiger partial charge in [-0.25, -0.2) is 0 Å². The minimum absolute atomic E-state index is 0.0884. The first-order valence-electron chi connectivity index (χ1n) is 23.2. The van der Waals surface area contributed by atoms with E-state index in [4.69, 9.17) is 0 Å². The molecule has 6 aromatic carbocycles. The summed E-state index contributed by atoms with van der Waals surface area (Å²) in [4.78, 5) is 0. The van der Waals surface area contributed by atoms with Gasteiger partial charge in [-0.2, -0.15) is 0 Å². The fraction of sp³-hybridized carbons (Fsp3) is 0.379. The number of benzene rings is 6. The number of aromatic hydroxyl groups is 2. The fourth-order valence-corrected chi connectivity index (χ4v) is 31.0. The molecule has 0 amide bonds. The Hall–Kier alpha value is -3.67. The fourth-order valence-electron chi connectivity index (χ4n) is 10.2. The second-order valence-corrected chi connectivity index (χ2v) is 32.0. The van der Waals surface area contributed by atoms with Gasteiger partial charge in [-0.3, -0.25) is 0 Å². The maximum absolute atomic E-state index is 12.8. The maximum atomic E-state index is 12.8. The molecule has 1 heterocycles. The summed E-state index contributed by atoms with van der Waals surface area (Å²) in [7, 11) is 0.396. The zero-order chi connectivity index (χ0) is 44.6. The van der Waals surface area contributed by atoms with Gasteiger partial charge in [0.1, 0.15) is 0 Å². The first-order valence-corrected chi connectivity index (χ1v) is 30.0. The normalized spacial score (nSPS) is 19.6. The van der Waals surface area contributed by atoms with Crippen molar-refractivity contribution in [3.05, 3.63) is 201 Å². The summed E-state index contributed by atoms with van der Waals surface area (Å²) in [5.74, 6) is 2.86. The average Bonchev–Trinajstić information content (AvgIpc) is 3.57. The van der Waals surface area contributed by atoms with Gasteiger partial charge in [0, 0.05) is 0 Å². The molecule has 2 aliphatic rings. The molecule has 0 spiro atoms. The Kier molecular flexibility index (Phi) is 13.6. The molecule has 8 rings (SSSR count). The molecule has 1 aliphatic heterocycles. The van der Waals surface area contributed by atoms with Gasteiger partial charge >= 0.3 is 392 Å². The monoisotopic (exact) mass is 908 g/mol. The zero-order valence-electron chi connectivity index (χ0n) is 38.9. The summed E-state index contributed by atoms with van der Waals surface area (Å²) < 4.78 is 0. The van der Waals surface area contributed by atoms with Crippen LogP contribution < -0.4 is 0 Å². The number of phenolic OH excluding ortho intramolecular Hbond substituents is 2. The number of hydrogen-bond acceptors (Lipinski definition) is 2. The topological polar surface area (TPSA) is 40.5 Å². The quantitative estimate of drug-likeness (QED) is 0.106. The van der Waals surface area contributed by atoms with Crippen molar-refractivity contribution in [3.8, 4) is 11.5 Å². The average molecular weight is 909 g/mol. The van der Waals surface area contributed by atoms with Crippen LogP contribution in [0.2, 0.25) is 0 Å². The van der Waals surface area contributed by atoms with Crippen LogP contribution in [0.4, 0.5) is 0 Å². The molecule has 1 aliphatic carbocycles. The third kappa shape index (κ3) is 9.27. The van der Waals surface area contributed by atoms with Gasteiger partial charge in [0.2, 0.25) is 0 Å². The molecule has 1 fully saturated rings. The Labute approximate surface area is 389 Å². The standard InChI is InChI=1S/C58H68O2S2.Ti/c1-55(2,3)47-35-41(53(59)49(37-47)57(7,43-25-15-11-16-26-43)44-27-17-12-18-28-44)39-61-51-33-23-9-10-24-34-52(51)62-40-42-36-48(56(4,5)6)38-50(54(42)60)58(8,45-29-19-13-20-30-45)46-31-21-14-22-32-46;/h11-22,25-32,35-38,51-52,59-60H,9-10,23-24,33-34,39-40H2,1-8H3;/t51-,52-;/m0./s1. The summed E-state index contributed by atoms with van der Waals surface area (Å²) in [5, 5.41) is 27.0. The van der Waals surface area contributed by atoms with Gasteiger partial charge in [0.25, 0.3) is 0 Å². The van der Waals surface area contributed by atoms with Gasteiger partial charge in [-0.15, -0.1) is 0 Å². The van der Waals surface area contributed by atoms with Crippen molar-refractivity contribution in [3.63, 3.8) is 0 Å². The zero-order valence-corrected chi connectivity index (χ0v) is 42.1. The van der Waals surface area contributed by atoms with E-state index in [0.29, 0.717) is 22.0 Å². The van der Waals surface area contributed by atoms with Crippen LogP contribution in [0.15, 0.2) is 146 Å². The Morgan fingerprint density at radius 1 is 0.429 bits per heavy atom. The van der Waals surface area contributed by atoms with Crippen LogP contribution in [0, 0.1) is 0 Å². The van der Waals surface area contributed by atoms with Crippen molar-refractivity contribution >= 4 is 15.9 Å². The summed E-state index contributed by atoms with van der Waals surface area (Å²) in [6, 6.07) is 52.6. The van der Waals surface area contributed by atoms with Crippen molar-refractivity contribution in [2.45, 2.75) is 138 Å². The van der Waals surface area contributed by atoms with E-state index in [0.717, 1.165) is 33.8 Å². The second kappa shape index (κ2) is 18.7. The molecular formula is C58H68O2S2Ti. The Balaban J connectivity index is 1.29. The molecule has 328 valence electrons. The van der Waals surface area contributed by atoms with Crippen LogP contribution in [-0.4, -0.2) is 20.7 Å². The predicted octanol–water partition coefficient (Wildman–Crippen LogP) is 15.7. The van der Waals surface area contributed by atoms with Crippen molar-refractivity contribution in [2.75, 3.05) is 0 Å². The van der Waals surface area contributed by atoms with Crippen molar-refractivity contribution < 1.29 is 25.7 Å². The van der Waals surface area contributed by atoms with Crippen LogP contribution in [0.25, 0.3) is 0 Å². The summed E-state index contributed by atoms with van der Waals surface area (Å²) >= 11 is -0.435. The van der Waals surface area contributed by atoms with Gasteiger partial charge < -0.3 is 0 Å². The Morgan fingerprint density at radius 2 is 0.730 bits per heavy atom. The van der Waals surface area contributed by atoms with E-state index in [1.165, 1.54) is 71.9 Å². The Bertz CT molecular complexity index is 2360. The van der Waals surface area contributed by atoms with Crippen molar-refractivity contribution in [2.24, 2.45) is 0 Å². The molecule has 0 saturated heterocycles. The molecule has 0 radical (unpaired) electrons. The first-order chi connectivity index (χ1) is 30.1. The van der Waals surface area contributed by atoms with Gasteiger partial charge in [-0.05, 0) is 0 Å². The molecule has 2 N–H and O–H groups in total. The second-order valence-electron chi connectivity index (χ2n) is 20.6. The van der Waals surface area contributed by atoms with Crippen LogP contribution in [-0.2, 0) is 48.6 Å². The predicted molar refractivity (Wildman–Crippen MR) is 268 cm³/mol. The van der Waals surface area contributed by atoms with E-state index in [9.17, 15) is 10.2 Å². The van der Waals surface area contributed by atoms with E-state index in [-0.39, 0.29) is 26.8 Å². The van der Waals surface area contributed by atoms with Crippen LogP contribution in [0.3, 0.4) is 0 Å². The third-order valence-electron chi connectivity index (χ3n) is 14.3. The molecule has 2 nitrogen and oxygen atoms in total. The van der Waals surface area contributed by atoms with E-state index in [2.05, 4.69) is 201 Å². The van der Waals surface area contributed by atoms with E-state index in [1.807, 2.05) is 0 Å². The van der Waals surface area contributed by atoms with Crippen molar-refractivity contribution in [1.29, 1.82) is 0 Å². The van der Waals surface area contributed by atoms with Gasteiger partial charge in [0.15, 0.2) is 0 Å². The van der Waals surface area contributed by atoms with Crippen LogP contribution in [0.1, 0.15) is 150 Å². The van der Waals surface area contributed by atoms with Crippen molar-refractivity contribution in [1.82, 2.24) is 0 Å². The summed E-state index contributed by atoms with van der Waals surface area (Å²) in [6.07, 6.45) is 7.83. The summed E-state index contributed by atoms with van der Waals surface area (Å²) in [6.45, 7) is 18.5. The van der Waals surface area contributed by atoms with E-state index >= 15 is 0 Å². The van der Waals surface area contributed by atoms with Gasteiger partial charge in [-0.1, -0.05) is 0 Å². The van der Waals surface area contributed by atoms with Crippen LogP contribution in [0.5, 0.6) is 11.5 Å². The molecule has 63 heavy (non-hydrogen) atoms. The third-order valence-corrected chi connectivity index (χ3v) is 30.2. The molecule has 4 atom stereocenters. The number of fused-ring (bicyclic) bond motifs is 1. The molecule has 2 unspecified atom stereocenters. The number of rotatable bonds is 10. The van der Waals surface area contributed by atoms with Crippen LogP contribution >= 0.6 is 15.9 Å². The first kappa shape index (κ1) is 45.9. The molecule has 1 saturated carbocycles. The Morgan fingerprint density at radius 3 is 1.02 bits per heavy atom. The SMILES string of the molecule is CC(C)(C)c1cc(C[S]2=[Ti]=[S](Cc3cc(C(C)(C)C)cc(C(C)(c4ccccc4)c4ccccc4)c3O)[C@H]3CCCCCC[C@@H]32)c(O)c(C(C)(c2ccccc2)c2ccccc2)c1. The van der Waals surface area contributed by atoms with Gasteiger partial charge in [0.05, 0.1) is 0 Å². The number of hydrogen-bond donors (Lipinski definition) is 2. The van der Waals surface area contributed by atoms with E-state index in [1.54, 1.807) is 0 Å². The number of phenols is 2. The minimum atomic E-state index is -0.536. The summed E-state index contributed by atoms with van der Waals surface area (Å²) in [5.41, 5.74) is 10.4. The van der Waals surface area contributed by atoms with E-state index < -0.39 is 26.3 Å². The molecule has 0 aromatic heterocycles. The molecule has 0 bridgehead atoms.